The number of primary amides is 1. The second kappa shape index (κ2) is 10.2. The van der Waals surface area contributed by atoms with Crippen LogP contribution in [0.4, 0.5) is 4.39 Å². The van der Waals surface area contributed by atoms with E-state index in [4.69, 9.17) is 15.2 Å². The molecule has 2 aliphatic rings. The number of fused-ring (bicyclic) bond motifs is 1. The molecule has 3 aromatic rings. The highest BCUT2D eigenvalue weighted by molar-refractivity contribution is 6.01. The van der Waals surface area contributed by atoms with Gasteiger partial charge in [-0.2, -0.15) is 5.10 Å². The zero-order valence-electron chi connectivity index (χ0n) is 21.6. The molecule has 10 heteroatoms. The van der Waals surface area contributed by atoms with Crippen molar-refractivity contribution in [1.29, 1.82) is 0 Å². The first-order valence-corrected chi connectivity index (χ1v) is 13.0. The summed E-state index contributed by atoms with van der Waals surface area (Å²) >= 11 is 0. The number of rotatable bonds is 9. The van der Waals surface area contributed by atoms with E-state index in [1.807, 2.05) is 12.1 Å². The minimum atomic E-state index is -0.960. The van der Waals surface area contributed by atoms with Crippen LogP contribution in [0, 0.1) is 5.82 Å². The fourth-order valence-corrected chi connectivity index (χ4v) is 4.90. The van der Waals surface area contributed by atoms with Crippen LogP contribution >= 0.6 is 0 Å². The number of hydrogen-bond donors (Lipinski definition) is 3. The average Bonchev–Trinajstić information content (AvgIpc) is 3.61. The lowest BCUT2D eigenvalue weighted by Gasteiger charge is -2.30. The SMILES string of the molecule is CC(C)(O)COc1ccc2c(C(=O)NC3CCC(Oc4ccc(F)cc4C(N)=O)CC3)cnn2c1C1CC1. The van der Waals surface area contributed by atoms with E-state index in [1.54, 1.807) is 24.6 Å². The molecule has 202 valence electrons. The van der Waals surface area contributed by atoms with Gasteiger partial charge in [0.05, 0.1) is 40.2 Å². The molecule has 2 fully saturated rings. The largest absolute Gasteiger partial charge is 0.490 e. The van der Waals surface area contributed by atoms with Crippen LogP contribution in [0.3, 0.4) is 0 Å². The molecular formula is C28H33FN4O5. The molecule has 2 amide bonds. The second-order valence-corrected chi connectivity index (χ2v) is 10.9. The van der Waals surface area contributed by atoms with Crippen molar-refractivity contribution in [2.24, 2.45) is 5.73 Å². The number of benzene rings is 1. The molecule has 0 spiro atoms. The number of aromatic nitrogens is 2. The monoisotopic (exact) mass is 524 g/mol. The predicted molar refractivity (Wildman–Crippen MR) is 138 cm³/mol. The van der Waals surface area contributed by atoms with E-state index in [0.717, 1.165) is 24.6 Å². The van der Waals surface area contributed by atoms with Gasteiger partial charge in [0, 0.05) is 12.0 Å². The van der Waals surface area contributed by atoms with Crippen LogP contribution in [0.25, 0.3) is 5.52 Å². The fraction of sp³-hybridized carbons (Fsp3) is 0.464. The first kappa shape index (κ1) is 26.0. The molecule has 0 radical (unpaired) electrons. The van der Waals surface area contributed by atoms with Crippen LogP contribution in [0.1, 0.15) is 84.7 Å². The third-order valence-electron chi connectivity index (χ3n) is 6.98. The number of hydrogen-bond acceptors (Lipinski definition) is 6. The zero-order valence-corrected chi connectivity index (χ0v) is 21.6. The van der Waals surface area contributed by atoms with E-state index >= 15 is 0 Å². The Bertz CT molecular complexity index is 1350. The van der Waals surface area contributed by atoms with E-state index < -0.39 is 17.3 Å². The van der Waals surface area contributed by atoms with Gasteiger partial charge in [0.25, 0.3) is 11.8 Å². The van der Waals surface area contributed by atoms with Crippen molar-refractivity contribution in [3.63, 3.8) is 0 Å². The third-order valence-corrected chi connectivity index (χ3v) is 6.98. The minimum Gasteiger partial charge on any atom is -0.490 e. The molecule has 4 N–H and O–H groups in total. The van der Waals surface area contributed by atoms with Gasteiger partial charge in [0.15, 0.2) is 0 Å². The van der Waals surface area contributed by atoms with E-state index in [2.05, 4.69) is 10.4 Å². The number of amides is 2. The predicted octanol–water partition coefficient (Wildman–Crippen LogP) is 3.72. The Morgan fingerprint density at radius 2 is 1.82 bits per heavy atom. The molecule has 0 bridgehead atoms. The van der Waals surface area contributed by atoms with Crippen molar-refractivity contribution < 1.29 is 28.6 Å². The number of nitrogens with two attached hydrogens (primary N) is 1. The summed E-state index contributed by atoms with van der Waals surface area (Å²) < 4.78 is 27.2. The summed E-state index contributed by atoms with van der Waals surface area (Å²) in [6, 6.07) is 7.39. The van der Waals surface area contributed by atoms with E-state index in [0.29, 0.717) is 48.4 Å². The molecule has 2 aromatic heterocycles. The first-order chi connectivity index (χ1) is 18.1. The number of nitrogens with one attached hydrogen (secondary N) is 1. The van der Waals surface area contributed by atoms with Crippen LogP contribution in [-0.2, 0) is 0 Å². The second-order valence-electron chi connectivity index (χ2n) is 10.9. The maximum Gasteiger partial charge on any atom is 0.255 e. The molecule has 2 heterocycles. The van der Waals surface area contributed by atoms with Gasteiger partial charge in [-0.1, -0.05) is 0 Å². The van der Waals surface area contributed by atoms with Crippen LogP contribution in [0.2, 0.25) is 0 Å². The molecule has 2 saturated carbocycles. The Labute approximate surface area is 220 Å². The van der Waals surface area contributed by atoms with Gasteiger partial charge in [0.1, 0.15) is 23.9 Å². The molecule has 5 rings (SSSR count). The van der Waals surface area contributed by atoms with Crippen molar-refractivity contribution >= 4 is 17.3 Å². The van der Waals surface area contributed by atoms with Gasteiger partial charge in [-0.15, -0.1) is 0 Å². The van der Waals surface area contributed by atoms with Crippen molar-refractivity contribution in [2.45, 2.75) is 76.0 Å². The first-order valence-electron chi connectivity index (χ1n) is 13.0. The summed E-state index contributed by atoms with van der Waals surface area (Å²) in [4.78, 5) is 24.9. The molecule has 0 aliphatic heterocycles. The van der Waals surface area contributed by atoms with Crippen LogP contribution < -0.4 is 20.5 Å². The highest BCUT2D eigenvalue weighted by atomic mass is 19.1. The van der Waals surface area contributed by atoms with Gasteiger partial charge in [0.2, 0.25) is 0 Å². The highest BCUT2D eigenvalue weighted by Crippen LogP contribution is 2.44. The molecular weight excluding hydrogens is 491 g/mol. The van der Waals surface area contributed by atoms with Crippen molar-refractivity contribution in [1.82, 2.24) is 14.9 Å². The quantitative estimate of drug-likeness (QED) is 0.391. The summed E-state index contributed by atoms with van der Waals surface area (Å²) in [6.45, 7) is 3.54. The third kappa shape index (κ3) is 5.75. The Kier molecular flexibility index (Phi) is 7.00. The number of pyridine rings is 1. The van der Waals surface area contributed by atoms with Crippen molar-refractivity contribution in [3.8, 4) is 11.5 Å². The summed E-state index contributed by atoms with van der Waals surface area (Å²) in [7, 11) is 0. The summed E-state index contributed by atoms with van der Waals surface area (Å²) in [5, 5.41) is 17.7. The smallest absolute Gasteiger partial charge is 0.255 e. The van der Waals surface area contributed by atoms with Gasteiger partial charge in [-0.3, -0.25) is 9.59 Å². The topological polar surface area (TPSA) is 128 Å². The molecule has 1 aromatic carbocycles. The average molecular weight is 525 g/mol. The number of ether oxygens (including phenoxy) is 2. The standard InChI is InChI=1S/C28H33FN4O5/c1-28(2,36)15-37-24-12-10-22-21(14-31-33(22)25(24)16-3-4-16)27(35)32-18-6-8-19(9-7-18)38-23-11-5-17(29)13-20(23)26(30)34/h5,10-14,16,18-19,36H,3-4,6-9,15H2,1-2H3,(H2,30,34)(H,32,35). The molecule has 2 aliphatic carbocycles. The Balaban J connectivity index is 1.23. The summed E-state index contributed by atoms with van der Waals surface area (Å²) in [5.41, 5.74) is 6.57. The Hall–Kier alpha value is -3.66. The number of aliphatic hydroxyl groups is 1. The van der Waals surface area contributed by atoms with E-state index in [9.17, 15) is 19.1 Å². The van der Waals surface area contributed by atoms with Crippen molar-refractivity contribution in [3.05, 3.63) is 59.2 Å². The Morgan fingerprint density at radius 1 is 1.11 bits per heavy atom. The highest BCUT2D eigenvalue weighted by Gasteiger charge is 2.32. The maximum atomic E-state index is 13.5. The minimum absolute atomic E-state index is 0.0210. The summed E-state index contributed by atoms with van der Waals surface area (Å²) in [5.74, 6) is -0.211. The maximum absolute atomic E-state index is 13.5. The van der Waals surface area contributed by atoms with Crippen LogP contribution in [0.5, 0.6) is 11.5 Å². The molecule has 0 unspecified atom stereocenters. The van der Waals surface area contributed by atoms with E-state index in [-0.39, 0.29) is 36.0 Å². The lowest BCUT2D eigenvalue weighted by molar-refractivity contribution is 0.0279. The molecule has 0 atom stereocenters. The van der Waals surface area contributed by atoms with Gasteiger partial charge >= 0.3 is 0 Å². The molecule has 38 heavy (non-hydrogen) atoms. The van der Waals surface area contributed by atoms with E-state index in [1.165, 1.54) is 12.1 Å². The number of carbonyl (C=O) groups excluding carboxylic acids is 2. The molecule has 0 saturated heterocycles. The van der Waals surface area contributed by atoms with Gasteiger partial charge in [-0.25, -0.2) is 8.91 Å². The fourth-order valence-electron chi connectivity index (χ4n) is 4.90. The number of nitrogens with zero attached hydrogens (tertiary/aromatic N) is 2. The lowest BCUT2D eigenvalue weighted by atomic mass is 9.92. The normalized spacial score (nSPS) is 19.8. The van der Waals surface area contributed by atoms with Crippen LogP contribution in [0.15, 0.2) is 36.5 Å². The zero-order chi connectivity index (χ0) is 27.0. The number of carbonyl (C=O) groups is 2. The lowest BCUT2D eigenvalue weighted by Crippen LogP contribution is -2.39. The van der Waals surface area contributed by atoms with Gasteiger partial charge in [-0.05, 0) is 82.7 Å². The molecule has 9 nitrogen and oxygen atoms in total. The number of halogens is 1. The van der Waals surface area contributed by atoms with Gasteiger partial charge < -0.3 is 25.6 Å². The Morgan fingerprint density at radius 3 is 2.47 bits per heavy atom. The van der Waals surface area contributed by atoms with Crippen LogP contribution in [-0.4, -0.2) is 50.9 Å². The summed E-state index contributed by atoms with van der Waals surface area (Å²) in [6.07, 6.45) is 6.23. The van der Waals surface area contributed by atoms with Crippen molar-refractivity contribution in [2.75, 3.05) is 6.61 Å².